The molecule has 0 rings (SSSR count). The average molecular weight is 680 g/mol. The zero-order valence-corrected chi connectivity index (χ0v) is 31.8. The summed E-state index contributed by atoms with van der Waals surface area (Å²) in [6.45, 7) is 7.04. The van der Waals surface area contributed by atoms with E-state index in [0.29, 0.717) is 0 Å². The molecule has 284 valence electrons. The number of carboxylic acid groups (broad SMARTS) is 2. The molecule has 0 heterocycles. The molecule has 7 heteroatoms. The van der Waals surface area contributed by atoms with Crippen molar-refractivity contribution in [3.63, 3.8) is 0 Å². The van der Waals surface area contributed by atoms with E-state index in [1.807, 2.05) is 5.43 Å². The van der Waals surface area contributed by atoms with Crippen molar-refractivity contribution in [3.8, 4) is 0 Å². The van der Waals surface area contributed by atoms with Crippen molar-refractivity contribution in [2.24, 2.45) is 5.84 Å². The highest BCUT2D eigenvalue weighted by atomic mass is 16.4. The second kappa shape index (κ2) is 43.3. The molecule has 48 heavy (non-hydrogen) atoms. The molecule has 1 atom stereocenters. The molecule has 0 unspecified atom stereocenters. The predicted octanol–water partition coefficient (Wildman–Crippen LogP) is 11.4. The van der Waals surface area contributed by atoms with E-state index in [1.165, 1.54) is 193 Å². The van der Waals surface area contributed by atoms with Crippen molar-refractivity contribution < 1.29 is 19.8 Å². The van der Waals surface area contributed by atoms with Crippen LogP contribution in [-0.2, 0) is 9.59 Å². The summed E-state index contributed by atoms with van der Waals surface area (Å²) in [6.07, 6.45) is 48.6. The highest BCUT2D eigenvalue weighted by Crippen LogP contribution is 2.11. The van der Waals surface area contributed by atoms with Gasteiger partial charge >= 0.3 is 11.9 Å². The lowest BCUT2D eigenvalue weighted by Crippen LogP contribution is -2.41. The van der Waals surface area contributed by atoms with Gasteiger partial charge in [0.05, 0.1) is 0 Å². The quantitative estimate of drug-likeness (QED) is 0.0191. The maximum atomic E-state index is 10.2. The zero-order chi connectivity index (χ0) is 35.6. The number of aliphatic carboxylic acids is 2. The Hall–Kier alpha value is -1.70. The summed E-state index contributed by atoms with van der Waals surface area (Å²) < 4.78 is 0. The summed E-state index contributed by atoms with van der Waals surface area (Å²) in [7, 11) is 0. The highest BCUT2D eigenvalue weighted by molar-refractivity contribution is 5.74. The number of nitrogens with one attached hydrogen (secondary N) is 2. The molecule has 0 aromatic rings. The molecule has 0 saturated heterocycles. The summed E-state index contributed by atoms with van der Waals surface area (Å²) >= 11 is 0. The van der Waals surface area contributed by atoms with Gasteiger partial charge in [-0.25, -0.2) is 5.43 Å². The Labute approximate surface area is 297 Å². The van der Waals surface area contributed by atoms with Crippen molar-refractivity contribution in [3.05, 3.63) is 24.3 Å². The van der Waals surface area contributed by atoms with Gasteiger partial charge < -0.3 is 15.5 Å². The second-order valence-corrected chi connectivity index (χ2v) is 13.6. The Morgan fingerprint density at radius 3 is 1.12 bits per heavy atom. The second-order valence-electron chi connectivity index (χ2n) is 13.6. The fraction of sp³-hybridized carbons (Fsp3) is 0.854. The number of rotatable bonds is 37. The molecule has 0 amide bonds. The van der Waals surface area contributed by atoms with Crippen LogP contribution in [0, 0.1) is 0 Å². The zero-order valence-electron chi connectivity index (χ0n) is 31.8. The van der Waals surface area contributed by atoms with Gasteiger partial charge in [-0.05, 0) is 83.7 Å². The molecular formula is C41H81N3O4. The monoisotopic (exact) mass is 680 g/mol. The molecule has 0 aliphatic carbocycles. The lowest BCUT2D eigenvalue weighted by atomic mass is 10.1. The molecule has 0 radical (unpaired) electrons. The first-order valence-electron chi connectivity index (χ1n) is 20.4. The van der Waals surface area contributed by atoms with Crippen molar-refractivity contribution in [2.75, 3.05) is 13.1 Å². The van der Waals surface area contributed by atoms with Gasteiger partial charge in [-0.2, -0.15) is 0 Å². The van der Waals surface area contributed by atoms with E-state index in [9.17, 15) is 9.59 Å². The Morgan fingerprint density at radius 2 is 0.833 bits per heavy atom. The van der Waals surface area contributed by atoms with Crippen molar-refractivity contribution in [1.82, 2.24) is 10.7 Å². The minimum absolute atomic E-state index is 0.0127. The molecule has 0 aromatic heterocycles. The molecule has 6 N–H and O–H groups in total. The van der Waals surface area contributed by atoms with Crippen molar-refractivity contribution >= 4 is 11.9 Å². The van der Waals surface area contributed by atoms with E-state index in [1.54, 1.807) is 0 Å². The maximum absolute atomic E-state index is 10.2. The first-order chi connectivity index (χ1) is 23.5. The van der Waals surface area contributed by atoms with Gasteiger partial charge in [0.25, 0.3) is 0 Å². The van der Waals surface area contributed by atoms with E-state index < -0.39 is 18.0 Å². The summed E-state index contributed by atoms with van der Waals surface area (Å²) in [5.41, 5.74) is 1.99. The van der Waals surface area contributed by atoms with Crippen LogP contribution in [0.15, 0.2) is 24.3 Å². The topological polar surface area (TPSA) is 125 Å². The number of allylic oxidation sites excluding steroid dienone is 4. The van der Waals surface area contributed by atoms with Crippen LogP contribution < -0.4 is 16.6 Å². The number of carbonyl (C=O) groups is 2. The molecule has 0 aliphatic rings. The van der Waals surface area contributed by atoms with Gasteiger partial charge in [0, 0.05) is 6.42 Å². The summed E-state index contributed by atoms with van der Waals surface area (Å²) in [5, 5.41) is 20.2. The number of unbranched alkanes of at least 4 members (excludes halogenated alkanes) is 24. The Morgan fingerprint density at radius 1 is 0.521 bits per heavy atom. The third kappa shape index (κ3) is 44.3. The highest BCUT2D eigenvalue weighted by Gasteiger charge is 2.15. The minimum atomic E-state index is -1.14. The maximum Gasteiger partial charge on any atom is 0.322 e. The number of nitrogens with two attached hydrogens (primary N) is 1. The standard InChI is InChI=1S/C36H71N.C5H10N2O4/c1-3-5-7-9-11-13-15-17-19-21-23-25-27-29-31-33-35-37-36-34-32-30-28-26-24-22-20-18-16-14-12-10-8-6-4-2;6-7-3(5(10)11)1-2-4(8)9/h17-20,37H,3-16,21-36H2,1-2H3;3,7H,1-2,6H2,(H,8,9)(H,10,11)/b19-17-,20-18-;/t;3-/m.0/s1. The van der Waals surface area contributed by atoms with Crippen LogP contribution in [0.3, 0.4) is 0 Å². The lowest BCUT2D eigenvalue weighted by molar-refractivity contribution is -0.140. The number of hydrogen-bond donors (Lipinski definition) is 5. The molecule has 0 aromatic carbocycles. The SMILES string of the molecule is CCCCCCCC/C=C\CCCCCCCCNCCCCCCCC/C=C\CCCCCCCC.NN[C@@H](CCC(=O)O)C(=O)O. The predicted molar refractivity (Wildman–Crippen MR) is 207 cm³/mol. The van der Waals surface area contributed by atoms with Crippen LogP contribution in [-0.4, -0.2) is 41.3 Å². The van der Waals surface area contributed by atoms with E-state index >= 15 is 0 Å². The number of hydrogen-bond acceptors (Lipinski definition) is 5. The van der Waals surface area contributed by atoms with Gasteiger partial charge in [-0.1, -0.05) is 154 Å². The molecule has 0 fully saturated rings. The van der Waals surface area contributed by atoms with Gasteiger partial charge in [0.2, 0.25) is 0 Å². The van der Waals surface area contributed by atoms with Gasteiger partial charge in [0.1, 0.15) is 6.04 Å². The summed E-state index contributed by atoms with van der Waals surface area (Å²) in [5.74, 6) is 2.66. The van der Waals surface area contributed by atoms with Gasteiger partial charge in [0.15, 0.2) is 0 Å². The van der Waals surface area contributed by atoms with E-state index in [2.05, 4.69) is 43.5 Å². The Kier molecular flexibility index (Phi) is 43.7. The minimum Gasteiger partial charge on any atom is -0.481 e. The third-order valence-corrected chi connectivity index (χ3v) is 8.88. The fourth-order valence-corrected chi connectivity index (χ4v) is 5.67. The summed E-state index contributed by atoms with van der Waals surface area (Å²) in [4.78, 5) is 20.2. The van der Waals surface area contributed by atoms with Crippen LogP contribution in [0.2, 0.25) is 0 Å². The van der Waals surface area contributed by atoms with Crippen LogP contribution in [0.25, 0.3) is 0 Å². The number of hydrazine groups is 1. The van der Waals surface area contributed by atoms with Crippen LogP contribution in [0.4, 0.5) is 0 Å². The van der Waals surface area contributed by atoms with Gasteiger partial charge in [-0.3, -0.25) is 15.4 Å². The van der Waals surface area contributed by atoms with E-state index in [0.717, 1.165) is 0 Å². The fourth-order valence-electron chi connectivity index (χ4n) is 5.67. The van der Waals surface area contributed by atoms with Crippen molar-refractivity contribution in [2.45, 2.75) is 213 Å². The molecule has 0 saturated carbocycles. The van der Waals surface area contributed by atoms with E-state index in [-0.39, 0.29) is 12.8 Å². The summed E-state index contributed by atoms with van der Waals surface area (Å²) in [6, 6.07) is -0.980. The first kappa shape index (κ1) is 48.4. The van der Waals surface area contributed by atoms with E-state index in [4.69, 9.17) is 16.1 Å². The Balaban J connectivity index is 0. The molecular weight excluding hydrogens is 598 g/mol. The smallest absolute Gasteiger partial charge is 0.322 e. The molecule has 0 aliphatic heterocycles. The first-order valence-corrected chi connectivity index (χ1v) is 20.4. The van der Waals surface area contributed by atoms with Crippen LogP contribution >= 0.6 is 0 Å². The van der Waals surface area contributed by atoms with Crippen LogP contribution in [0.1, 0.15) is 206 Å². The normalized spacial score (nSPS) is 12.1. The van der Waals surface area contributed by atoms with Crippen LogP contribution in [0.5, 0.6) is 0 Å². The number of carboxylic acids is 2. The van der Waals surface area contributed by atoms with Gasteiger partial charge in [-0.15, -0.1) is 0 Å². The Bertz CT molecular complexity index is 674. The largest absolute Gasteiger partial charge is 0.481 e. The lowest BCUT2D eigenvalue weighted by Gasteiger charge is -2.07. The molecule has 0 bridgehead atoms. The average Bonchev–Trinajstić information content (AvgIpc) is 3.07. The molecule has 0 spiro atoms. The van der Waals surface area contributed by atoms with Crippen molar-refractivity contribution in [1.29, 1.82) is 0 Å². The molecule has 7 nitrogen and oxygen atoms in total. The third-order valence-electron chi connectivity index (χ3n) is 8.88.